The first kappa shape index (κ1) is 10.1. The number of carboxylic acid groups (broad SMARTS) is 1. The van der Waals surface area contributed by atoms with Crippen molar-refractivity contribution in [3.05, 3.63) is 29.8 Å². The minimum atomic E-state index is -1.03. The Hall–Kier alpha value is -1.97. The fourth-order valence-electron chi connectivity index (χ4n) is 0.978. The van der Waals surface area contributed by atoms with Crippen molar-refractivity contribution in [1.82, 2.24) is 0 Å². The van der Waals surface area contributed by atoms with E-state index in [1.54, 1.807) is 12.1 Å². The summed E-state index contributed by atoms with van der Waals surface area (Å²) in [7, 11) is 1.45. The summed E-state index contributed by atoms with van der Waals surface area (Å²) in [4.78, 5) is 10.2. The minimum Gasteiger partial charge on any atom is -0.504 e. The van der Waals surface area contributed by atoms with Crippen LogP contribution in [-0.4, -0.2) is 23.3 Å². The van der Waals surface area contributed by atoms with Gasteiger partial charge in [0.2, 0.25) is 0 Å². The van der Waals surface area contributed by atoms with Crippen LogP contribution in [0.5, 0.6) is 11.5 Å². The zero-order valence-electron chi connectivity index (χ0n) is 7.60. The zero-order chi connectivity index (χ0) is 10.6. The van der Waals surface area contributed by atoms with E-state index in [2.05, 4.69) is 0 Å². The molecule has 1 rings (SSSR count). The Morgan fingerprint density at radius 1 is 1.50 bits per heavy atom. The largest absolute Gasteiger partial charge is 0.504 e. The van der Waals surface area contributed by atoms with Gasteiger partial charge in [-0.1, -0.05) is 6.07 Å². The maximum atomic E-state index is 10.2. The highest BCUT2D eigenvalue weighted by Gasteiger charge is 2.00. The van der Waals surface area contributed by atoms with E-state index >= 15 is 0 Å². The van der Waals surface area contributed by atoms with Crippen LogP contribution in [0.4, 0.5) is 0 Å². The quantitative estimate of drug-likeness (QED) is 0.715. The van der Waals surface area contributed by atoms with Crippen molar-refractivity contribution in [2.45, 2.75) is 0 Å². The lowest BCUT2D eigenvalue weighted by molar-refractivity contribution is -0.131. The van der Waals surface area contributed by atoms with Crippen molar-refractivity contribution in [2.75, 3.05) is 7.11 Å². The molecule has 0 fully saturated rings. The van der Waals surface area contributed by atoms with Gasteiger partial charge in [-0.25, -0.2) is 4.79 Å². The van der Waals surface area contributed by atoms with Gasteiger partial charge in [0.1, 0.15) is 0 Å². The van der Waals surface area contributed by atoms with Crippen molar-refractivity contribution in [3.63, 3.8) is 0 Å². The standard InChI is InChI=1S/C10H10O4/c1-14-9-4-2-7(6-8(9)11)3-5-10(12)13/h2-6,11H,1H3,(H,12,13)/b5-3-. The van der Waals surface area contributed by atoms with Gasteiger partial charge < -0.3 is 14.9 Å². The van der Waals surface area contributed by atoms with Crippen LogP contribution in [0.15, 0.2) is 24.3 Å². The van der Waals surface area contributed by atoms with Crippen LogP contribution in [-0.2, 0) is 4.79 Å². The van der Waals surface area contributed by atoms with Crippen molar-refractivity contribution in [1.29, 1.82) is 0 Å². The lowest BCUT2D eigenvalue weighted by Gasteiger charge is -2.02. The van der Waals surface area contributed by atoms with Gasteiger partial charge in [-0.15, -0.1) is 0 Å². The molecule has 74 valence electrons. The fraction of sp³-hybridized carbons (Fsp3) is 0.100. The van der Waals surface area contributed by atoms with E-state index in [9.17, 15) is 9.90 Å². The van der Waals surface area contributed by atoms with E-state index in [-0.39, 0.29) is 5.75 Å². The number of ether oxygens (including phenoxy) is 1. The molecule has 0 bridgehead atoms. The molecule has 4 heteroatoms. The van der Waals surface area contributed by atoms with Gasteiger partial charge in [0.05, 0.1) is 7.11 Å². The first-order valence-corrected chi connectivity index (χ1v) is 3.91. The third-order valence-electron chi connectivity index (χ3n) is 1.62. The number of benzene rings is 1. The lowest BCUT2D eigenvalue weighted by atomic mass is 10.2. The molecule has 2 N–H and O–H groups in total. The van der Waals surface area contributed by atoms with Crippen LogP contribution in [0.1, 0.15) is 5.56 Å². The molecule has 14 heavy (non-hydrogen) atoms. The number of phenolic OH excluding ortho intramolecular Hbond substituents is 1. The number of methoxy groups -OCH3 is 1. The van der Waals surface area contributed by atoms with Crippen LogP contribution in [0, 0.1) is 0 Å². The summed E-state index contributed by atoms with van der Waals surface area (Å²) in [6, 6.07) is 4.65. The van der Waals surface area contributed by atoms with Gasteiger partial charge in [0.25, 0.3) is 0 Å². The molecule has 4 nitrogen and oxygen atoms in total. The molecule has 0 saturated heterocycles. The van der Waals surface area contributed by atoms with Crippen LogP contribution in [0.3, 0.4) is 0 Å². The molecule has 0 radical (unpaired) electrons. The molecule has 0 saturated carbocycles. The van der Waals surface area contributed by atoms with Crippen molar-refractivity contribution < 1.29 is 19.7 Å². The highest BCUT2D eigenvalue weighted by atomic mass is 16.5. The molecular weight excluding hydrogens is 184 g/mol. The van der Waals surface area contributed by atoms with Crippen LogP contribution in [0.2, 0.25) is 0 Å². The van der Waals surface area contributed by atoms with E-state index < -0.39 is 5.97 Å². The number of phenols is 1. The van der Waals surface area contributed by atoms with Gasteiger partial charge in [0, 0.05) is 6.08 Å². The Kier molecular flexibility index (Phi) is 3.12. The Morgan fingerprint density at radius 3 is 2.71 bits per heavy atom. The van der Waals surface area contributed by atoms with E-state index in [0.717, 1.165) is 6.08 Å². The third-order valence-corrected chi connectivity index (χ3v) is 1.62. The van der Waals surface area contributed by atoms with E-state index in [1.807, 2.05) is 0 Å². The molecule has 0 aromatic heterocycles. The number of rotatable bonds is 3. The monoisotopic (exact) mass is 194 g/mol. The van der Waals surface area contributed by atoms with Crippen molar-refractivity contribution >= 4 is 12.0 Å². The van der Waals surface area contributed by atoms with Gasteiger partial charge in [0.15, 0.2) is 11.5 Å². The second kappa shape index (κ2) is 4.32. The zero-order valence-corrected chi connectivity index (χ0v) is 7.60. The molecular formula is C10H10O4. The average Bonchev–Trinajstić information content (AvgIpc) is 2.15. The summed E-state index contributed by atoms with van der Waals surface area (Å²) in [5.74, 6) is -0.683. The van der Waals surface area contributed by atoms with Crippen LogP contribution in [0.25, 0.3) is 6.08 Å². The lowest BCUT2D eigenvalue weighted by Crippen LogP contribution is -1.86. The van der Waals surface area contributed by atoms with Crippen LogP contribution >= 0.6 is 0 Å². The van der Waals surface area contributed by atoms with Gasteiger partial charge >= 0.3 is 5.97 Å². The SMILES string of the molecule is COc1ccc(/C=C\C(=O)O)cc1O. The molecule has 0 spiro atoms. The molecule has 0 aliphatic rings. The van der Waals surface area contributed by atoms with Crippen molar-refractivity contribution in [3.8, 4) is 11.5 Å². The number of hydrogen-bond donors (Lipinski definition) is 2. The molecule has 0 aliphatic carbocycles. The van der Waals surface area contributed by atoms with Gasteiger partial charge in [-0.2, -0.15) is 0 Å². The Morgan fingerprint density at radius 2 is 2.21 bits per heavy atom. The summed E-state index contributed by atoms with van der Waals surface area (Å²) in [6.07, 6.45) is 2.39. The highest BCUT2D eigenvalue weighted by molar-refractivity contribution is 5.85. The van der Waals surface area contributed by atoms with Crippen LogP contribution < -0.4 is 4.74 Å². The molecule has 0 atom stereocenters. The predicted octanol–water partition coefficient (Wildman–Crippen LogP) is 1.50. The Balaban J connectivity index is 2.91. The number of carboxylic acids is 1. The summed E-state index contributed by atoms with van der Waals surface area (Å²) >= 11 is 0. The molecule has 0 unspecified atom stereocenters. The summed E-state index contributed by atoms with van der Waals surface area (Å²) in [5, 5.41) is 17.7. The number of aromatic hydroxyl groups is 1. The first-order chi connectivity index (χ1) is 6.63. The second-order valence-corrected chi connectivity index (χ2v) is 2.60. The molecule has 0 amide bonds. The number of aliphatic carboxylic acids is 1. The van der Waals surface area contributed by atoms with Gasteiger partial charge in [-0.05, 0) is 23.8 Å². The highest BCUT2D eigenvalue weighted by Crippen LogP contribution is 2.26. The van der Waals surface area contributed by atoms with E-state index in [0.29, 0.717) is 11.3 Å². The van der Waals surface area contributed by atoms with Crippen molar-refractivity contribution in [2.24, 2.45) is 0 Å². The summed E-state index contributed by atoms with van der Waals surface area (Å²) in [6.45, 7) is 0. The van der Waals surface area contributed by atoms with E-state index in [4.69, 9.17) is 9.84 Å². The molecule has 0 heterocycles. The fourth-order valence-corrected chi connectivity index (χ4v) is 0.978. The molecule has 1 aromatic carbocycles. The summed E-state index contributed by atoms with van der Waals surface area (Å²) in [5.41, 5.74) is 0.603. The average molecular weight is 194 g/mol. The Bertz CT molecular complexity index is 368. The molecule has 0 aliphatic heterocycles. The maximum absolute atomic E-state index is 10.2. The topological polar surface area (TPSA) is 66.8 Å². The predicted molar refractivity (Wildman–Crippen MR) is 51.3 cm³/mol. The maximum Gasteiger partial charge on any atom is 0.328 e. The number of carbonyl (C=O) groups is 1. The Labute approximate surface area is 81.1 Å². The minimum absolute atomic E-state index is 0.0139. The van der Waals surface area contributed by atoms with Gasteiger partial charge in [-0.3, -0.25) is 0 Å². The summed E-state index contributed by atoms with van der Waals surface area (Å²) < 4.78 is 4.84. The normalized spacial score (nSPS) is 10.4. The number of hydrogen-bond acceptors (Lipinski definition) is 3. The first-order valence-electron chi connectivity index (χ1n) is 3.91. The third kappa shape index (κ3) is 2.52. The van der Waals surface area contributed by atoms with E-state index in [1.165, 1.54) is 19.3 Å². The second-order valence-electron chi connectivity index (χ2n) is 2.60. The smallest absolute Gasteiger partial charge is 0.328 e. The molecule has 1 aromatic rings.